The van der Waals surface area contributed by atoms with E-state index in [0.29, 0.717) is 11.8 Å². The first-order valence-corrected chi connectivity index (χ1v) is 9.12. The topological polar surface area (TPSA) is 25.8 Å². The molecule has 2 unspecified atom stereocenters. The summed E-state index contributed by atoms with van der Waals surface area (Å²) in [6.07, 6.45) is 3.33. The van der Waals surface area contributed by atoms with Gasteiger partial charge in [-0.1, -0.05) is 36.4 Å². The quantitative estimate of drug-likeness (QED) is 0.447. The van der Waals surface area contributed by atoms with Gasteiger partial charge in [0.25, 0.3) is 0 Å². The Balaban J connectivity index is 1.54. The molecule has 2 nitrogen and oxygen atoms in total. The second-order valence-electron chi connectivity index (χ2n) is 7.49. The van der Waals surface area contributed by atoms with Crippen molar-refractivity contribution in [1.82, 2.24) is 9.97 Å². The van der Waals surface area contributed by atoms with Crippen LogP contribution in [0.25, 0.3) is 21.8 Å². The van der Waals surface area contributed by atoms with Gasteiger partial charge in [-0.05, 0) is 54.7 Å². The predicted octanol–water partition coefficient (Wildman–Crippen LogP) is 5.15. The molecule has 2 heteroatoms. The average molecular weight is 322 g/mol. The molecule has 25 heavy (non-hydrogen) atoms. The lowest BCUT2D eigenvalue weighted by molar-refractivity contribution is 0.441. The number of fused-ring (bicyclic) bond motifs is 8. The Morgan fingerprint density at radius 2 is 1.12 bits per heavy atom. The molecule has 2 atom stereocenters. The van der Waals surface area contributed by atoms with Gasteiger partial charge in [0.05, 0.1) is 11.0 Å². The van der Waals surface area contributed by atoms with Gasteiger partial charge in [-0.25, -0.2) is 0 Å². The van der Waals surface area contributed by atoms with E-state index in [1.165, 1.54) is 39.7 Å². The highest BCUT2D eigenvalue weighted by Crippen LogP contribution is 2.46. The maximum atomic E-state index is 5.05. The van der Waals surface area contributed by atoms with Crippen molar-refractivity contribution in [3.05, 3.63) is 83.2 Å². The monoisotopic (exact) mass is 322 g/mol. The first-order valence-electron chi connectivity index (χ1n) is 9.12. The lowest BCUT2D eigenvalue weighted by atomic mass is 9.70. The van der Waals surface area contributed by atoms with Crippen molar-refractivity contribution in [2.24, 2.45) is 0 Å². The van der Waals surface area contributed by atoms with Gasteiger partial charge in [-0.2, -0.15) is 0 Å². The molecule has 6 rings (SSSR count). The smallest absolute Gasteiger partial charge is 0.0705 e. The summed E-state index contributed by atoms with van der Waals surface area (Å²) >= 11 is 0. The summed E-state index contributed by atoms with van der Waals surface area (Å²) in [6.45, 7) is 0. The summed E-state index contributed by atoms with van der Waals surface area (Å²) in [5.74, 6) is 1.07. The molecule has 2 heterocycles. The van der Waals surface area contributed by atoms with Crippen LogP contribution in [0.1, 0.15) is 40.8 Å². The minimum Gasteiger partial charge on any atom is -0.252 e. The normalized spacial score (nSPS) is 21.1. The van der Waals surface area contributed by atoms with E-state index < -0.39 is 0 Å². The molecule has 120 valence electrons. The van der Waals surface area contributed by atoms with E-state index in [-0.39, 0.29) is 0 Å². The third-order valence-electron chi connectivity index (χ3n) is 5.95. The molecule has 2 aromatic carbocycles. The van der Waals surface area contributed by atoms with Crippen LogP contribution in [0, 0.1) is 0 Å². The number of para-hydroxylation sites is 2. The van der Waals surface area contributed by atoms with Crippen LogP contribution >= 0.6 is 0 Å². The van der Waals surface area contributed by atoms with Crippen molar-refractivity contribution >= 4 is 21.8 Å². The Bertz CT molecular complexity index is 1050. The lowest BCUT2D eigenvalue weighted by Gasteiger charge is -2.36. The van der Waals surface area contributed by atoms with Gasteiger partial charge in [0, 0.05) is 34.0 Å². The molecule has 2 bridgehead atoms. The predicted molar refractivity (Wildman–Crippen MR) is 101 cm³/mol. The Kier molecular flexibility index (Phi) is 2.65. The van der Waals surface area contributed by atoms with Gasteiger partial charge in [-0.3, -0.25) is 9.97 Å². The highest BCUT2D eigenvalue weighted by molar-refractivity contribution is 5.81. The number of rotatable bonds is 0. The zero-order valence-electron chi connectivity index (χ0n) is 13.9. The number of benzene rings is 2. The van der Waals surface area contributed by atoms with Crippen LogP contribution in [0.15, 0.2) is 60.7 Å². The van der Waals surface area contributed by atoms with Crippen molar-refractivity contribution in [2.75, 3.05) is 0 Å². The van der Waals surface area contributed by atoms with Gasteiger partial charge >= 0.3 is 0 Å². The lowest BCUT2D eigenvalue weighted by Crippen LogP contribution is -2.27. The molecule has 0 saturated heterocycles. The Morgan fingerprint density at radius 3 is 1.64 bits per heavy atom. The second-order valence-corrected chi connectivity index (χ2v) is 7.49. The molecule has 0 N–H and O–H groups in total. The van der Waals surface area contributed by atoms with Gasteiger partial charge in [0.15, 0.2) is 0 Å². The van der Waals surface area contributed by atoms with Crippen LogP contribution in [0.5, 0.6) is 0 Å². The van der Waals surface area contributed by atoms with Crippen molar-refractivity contribution in [3.8, 4) is 0 Å². The average Bonchev–Trinajstić information content (AvgIpc) is 2.65. The summed E-state index contributed by atoms with van der Waals surface area (Å²) in [5.41, 5.74) is 7.77. The van der Waals surface area contributed by atoms with E-state index in [2.05, 4.69) is 60.7 Å². The van der Waals surface area contributed by atoms with E-state index in [4.69, 9.17) is 9.97 Å². The molecule has 0 radical (unpaired) electrons. The van der Waals surface area contributed by atoms with Gasteiger partial charge in [-0.15, -0.1) is 0 Å². The first kappa shape index (κ1) is 13.5. The minimum atomic E-state index is 0.536. The van der Waals surface area contributed by atoms with Crippen molar-refractivity contribution in [3.63, 3.8) is 0 Å². The zero-order chi connectivity index (χ0) is 16.4. The van der Waals surface area contributed by atoms with E-state index in [0.717, 1.165) is 23.9 Å². The van der Waals surface area contributed by atoms with Crippen LogP contribution in [-0.2, 0) is 12.8 Å². The second kappa shape index (κ2) is 4.89. The van der Waals surface area contributed by atoms with E-state index in [1.54, 1.807) is 0 Å². The van der Waals surface area contributed by atoms with Crippen LogP contribution in [0.3, 0.4) is 0 Å². The van der Waals surface area contributed by atoms with Gasteiger partial charge in [0.1, 0.15) is 0 Å². The Hall–Kier alpha value is -2.74. The summed E-state index contributed by atoms with van der Waals surface area (Å²) in [7, 11) is 0. The summed E-state index contributed by atoms with van der Waals surface area (Å²) in [4.78, 5) is 10.1. The van der Waals surface area contributed by atoms with Crippen molar-refractivity contribution < 1.29 is 0 Å². The molecule has 2 aromatic heterocycles. The fourth-order valence-corrected chi connectivity index (χ4v) is 4.84. The number of aromatic nitrogens is 2. The number of nitrogens with zero attached hydrogens (tertiary/aromatic N) is 2. The molecule has 2 aliphatic rings. The van der Waals surface area contributed by atoms with Crippen LogP contribution in [0.2, 0.25) is 0 Å². The maximum absolute atomic E-state index is 5.05. The van der Waals surface area contributed by atoms with E-state index >= 15 is 0 Å². The maximum Gasteiger partial charge on any atom is 0.0705 e. The summed E-state index contributed by atoms with van der Waals surface area (Å²) in [5, 5.41) is 2.51. The van der Waals surface area contributed by atoms with E-state index in [9.17, 15) is 0 Å². The SMILES string of the molecule is c1ccc2nc3c(cc2c1)CC1CC3Cc2cc3ccccc3nc21. The summed E-state index contributed by atoms with van der Waals surface area (Å²) < 4.78 is 0. The highest BCUT2D eigenvalue weighted by atomic mass is 14.8. The summed E-state index contributed by atoms with van der Waals surface area (Å²) in [6, 6.07) is 21.7. The Labute approximate surface area is 146 Å². The molecular weight excluding hydrogens is 304 g/mol. The third-order valence-corrected chi connectivity index (χ3v) is 5.95. The van der Waals surface area contributed by atoms with Gasteiger partial charge in [0.2, 0.25) is 0 Å². The van der Waals surface area contributed by atoms with Crippen LogP contribution in [0.4, 0.5) is 0 Å². The molecule has 0 saturated carbocycles. The Morgan fingerprint density at radius 1 is 0.640 bits per heavy atom. The third kappa shape index (κ3) is 1.97. The van der Waals surface area contributed by atoms with Crippen LogP contribution < -0.4 is 0 Å². The number of hydrogen-bond acceptors (Lipinski definition) is 2. The molecule has 0 aliphatic heterocycles. The molecule has 0 amide bonds. The minimum absolute atomic E-state index is 0.536. The van der Waals surface area contributed by atoms with Gasteiger partial charge < -0.3 is 0 Å². The standard InChI is InChI=1S/C23H18N2/c1-3-7-20-14(5-1)9-16-11-18-13-19(22(16)24-20)12-17-10-15-6-2-4-8-21(15)25-23(17)18/h1-10,18-19H,11-13H2. The molecule has 0 spiro atoms. The van der Waals surface area contributed by atoms with Crippen LogP contribution in [-0.4, -0.2) is 9.97 Å². The zero-order valence-corrected chi connectivity index (χ0v) is 13.9. The number of hydrogen-bond donors (Lipinski definition) is 0. The number of pyridine rings is 2. The molecular formula is C23H18N2. The molecule has 0 fully saturated rings. The fraction of sp³-hybridized carbons (Fsp3) is 0.217. The molecule has 2 aliphatic carbocycles. The van der Waals surface area contributed by atoms with Crippen molar-refractivity contribution in [2.45, 2.75) is 31.1 Å². The van der Waals surface area contributed by atoms with Crippen molar-refractivity contribution in [1.29, 1.82) is 0 Å². The highest BCUT2D eigenvalue weighted by Gasteiger charge is 2.36. The largest absolute Gasteiger partial charge is 0.252 e. The fourth-order valence-electron chi connectivity index (χ4n) is 4.84. The molecule has 4 aromatic rings. The first-order chi connectivity index (χ1) is 12.3. The van der Waals surface area contributed by atoms with E-state index in [1.807, 2.05) is 0 Å².